The van der Waals surface area contributed by atoms with Crippen molar-refractivity contribution >= 4 is 23.3 Å². The van der Waals surface area contributed by atoms with Crippen LogP contribution in [0.1, 0.15) is 103 Å². The molecule has 3 aliphatic carbocycles. The highest BCUT2D eigenvalue weighted by atomic mass is 35.5. The highest BCUT2D eigenvalue weighted by Gasteiger charge is 2.57. The number of allylic oxidation sites excluding steroid dienone is 2. The summed E-state index contributed by atoms with van der Waals surface area (Å²) < 4.78 is 63.2. The molecular weight excluding hydrogens is 811 g/mol. The molecule has 61 heavy (non-hydrogen) atoms. The van der Waals surface area contributed by atoms with E-state index in [1.165, 1.54) is 19.2 Å². The van der Waals surface area contributed by atoms with Gasteiger partial charge in [-0.1, -0.05) is 48.4 Å². The van der Waals surface area contributed by atoms with Crippen molar-refractivity contribution in [2.45, 2.75) is 95.4 Å². The highest BCUT2D eigenvalue weighted by molar-refractivity contribution is 6.33. The molecule has 1 aromatic heterocycles. The third-order valence-corrected chi connectivity index (χ3v) is 13.0. The first-order valence-corrected chi connectivity index (χ1v) is 21.1. The van der Waals surface area contributed by atoms with Gasteiger partial charge in [0.15, 0.2) is 17.3 Å². The number of carbonyl (C=O) groups excluding carboxylic acids is 2. The molecule has 4 aromatic rings. The first kappa shape index (κ1) is 45.9. The van der Waals surface area contributed by atoms with Crippen molar-refractivity contribution in [1.82, 2.24) is 4.90 Å². The number of hydrogen-bond acceptors (Lipinski definition) is 8. The highest BCUT2D eigenvalue weighted by Crippen LogP contribution is 2.59. The second-order valence-electron chi connectivity index (χ2n) is 16.7. The Bertz CT molecular complexity index is 2240. The number of hydrogen-bond donors (Lipinski definition) is 2. The summed E-state index contributed by atoms with van der Waals surface area (Å²) in [5, 5.41) is 24.1. The minimum atomic E-state index is -4.62. The van der Waals surface area contributed by atoms with Crippen LogP contribution >= 0.6 is 11.6 Å². The first-order valence-electron chi connectivity index (χ1n) is 20.7. The molecule has 3 aliphatic rings. The van der Waals surface area contributed by atoms with Gasteiger partial charge in [-0.25, -0.2) is 0 Å². The molecule has 1 amide bonds. The number of aliphatic hydroxyl groups excluding tert-OH is 1. The fraction of sp³-hybridized carbons (Fsp3) is 0.458. The maximum absolute atomic E-state index is 14.7. The summed E-state index contributed by atoms with van der Waals surface area (Å²) >= 11 is 6.35. The zero-order valence-electron chi connectivity index (χ0n) is 35.4. The normalized spacial score (nSPS) is 22.0. The number of nitrogens with zero attached hydrogens (tertiary/aromatic N) is 1. The Kier molecular flexibility index (Phi) is 14.4. The molecule has 0 aliphatic heterocycles. The van der Waals surface area contributed by atoms with Crippen molar-refractivity contribution in [3.05, 3.63) is 117 Å². The van der Waals surface area contributed by atoms with E-state index in [1.54, 1.807) is 37.3 Å². The predicted octanol–water partition coefficient (Wildman–Crippen LogP) is 10.0. The van der Waals surface area contributed by atoms with Crippen LogP contribution < -0.4 is 9.47 Å². The zero-order chi connectivity index (χ0) is 44.1. The van der Waals surface area contributed by atoms with Crippen LogP contribution in [0, 0.1) is 5.41 Å². The Morgan fingerprint density at radius 3 is 2.46 bits per heavy atom. The number of furan rings is 1. The van der Waals surface area contributed by atoms with E-state index in [1.807, 2.05) is 32.0 Å². The number of methoxy groups -OCH3 is 3. The van der Waals surface area contributed by atoms with Gasteiger partial charge in [-0.3, -0.25) is 9.59 Å². The second-order valence-corrected chi connectivity index (χ2v) is 17.1. The van der Waals surface area contributed by atoms with Crippen molar-refractivity contribution in [1.29, 1.82) is 0 Å². The number of halogens is 4. The third-order valence-electron chi connectivity index (χ3n) is 12.7. The molecule has 0 unspecified atom stereocenters. The fourth-order valence-electron chi connectivity index (χ4n) is 9.11. The van der Waals surface area contributed by atoms with Crippen LogP contribution in [-0.2, 0) is 28.5 Å². The number of amides is 1. The van der Waals surface area contributed by atoms with E-state index in [9.17, 15) is 33.0 Å². The average Bonchev–Trinajstić information content (AvgIpc) is 3.81. The molecule has 0 radical (unpaired) electrons. The lowest BCUT2D eigenvalue weighted by molar-refractivity contribution is -0.140. The van der Waals surface area contributed by atoms with Gasteiger partial charge in [0.05, 0.1) is 42.9 Å². The van der Waals surface area contributed by atoms with Gasteiger partial charge in [-0.05, 0) is 129 Å². The minimum Gasteiger partial charge on any atom is -0.493 e. The van der Waals surface area contributed by atoms with Crippen molar-refractivity contribution in [3.63, 3.8) is 0 Å². The lowest BCUT2D eigenvalue weighted by Crippen LogP contribution is -2.54. The van der Waals surface area contributed by atoms with Gasteiger partial charge in [0.1, 0.15) is 5.76 Å². The molecule has 9 nitrogen and oxygen atoms in total. The molecule has 1 fully saturated rings. The number of ketones is 1. The van der Waals surface area contributed by atoms with Gasteiger partial charge in [0, 0.05) is 43.3 Å². The van der Waals surface area contributed by atoms with Crippen LogP contribution in [0.25, 0.3) is 11.3 Å². The van der Waals surface area contributed by atoms with Gasteiger partial charge in [0.2, 0.25) is 11.7 Å². The minimum absolute atomic E-state index is 0.00303. The Labute approximate surface area is 360 Å². The molecule has 2 N–H and O–H groups in total. The fourth-order valence-corrected chi connectivity index (χ4v) is 9.32. The lowest BCUT2D eigenvalue weighted by atomic mass is 9.64. The standard InChI is InChI=1S/C48H55ClF3NO8/c1-30-8-6-20-46(2)38(19-21-47(46,57)29-53(22-7-23-58-3)44(55)27-32-11-16-41(59-4)43(26-32)60-5)35-14-10-31(24-34(54)13-9-30)25-36(35)45(56)42-18-17-40(61-42)37-28-33(48(50,51)52)12-15-39(37)49/h8,10-12,14-18,25-26,28,34,38,54,57H,6-7,9,13,19-24,27,29H2,1-5H3/t34-,38-,46-,47+/m0/s1. The summed E-state index contributed by atoms with van der Waals surface area (Å²) in [7, 11) is 4.68. The molecule has 7 rings (SSSR count). The monoisotopic (exact) mass is 865 g/mol. The van der Waals surface area contributed by atoms with Crippen molar-refractivity contribution in [2.24, 2.45) is 5.41 Å². The molecule has 1 saturated carbocycles. The number of ether oxygens (including phenoxy) is 3. The van der Waals surface area contributed by atoms with Gasteiger partial charge in [0.25, 0.3) is 0 Å². The van der Waals surface area contributed by atoms with E-state index in [-0.39, 0.29) is 46.9 Å². The Morgan fingerprint density at radius 2 is 1.74 bits per heavy atom. The third kappa shape index (κ3) is 10.2. The quantitative estimate of drug-likeness (QED) is 0.0775. The summed E-state index contributed by atoms with van der Waals surface area (Å²) in [6.07, 6.45) is 0.926. The Hall–Kier alpha value is -4.62. The maximum Gasteiger partial charge on any atom is 0.416 e. The summed E-state index contributed by atoms with van der Waals surface area (Å²) in [5.74, 6) is -0.0711. The van der Waals surface area contributed by atoms with E-state index in [0.717, 1.165) is 34.9 Å². The van der Waals surface area contributed by atoms with E-state index < -0.39 is 34.6 Å². The first-order chi connectivity index (χ1) is 29.0. The molecule has 328 valence electrons. The maximum atomic E-state index is 14.7. The summed E-state index contributed by atoms with van der Waals surface area (Å²) in [6, 6.07) is 16.7. The Balaban J connectivity index is 1.39. The number of carbonyl (C=O) groups is 2. The van der Waals surface area contributed by atoms with Crippen LogP contribution in [0.4, 0.5) is 13.2 Å². The molecule has 2 bridgehead atoms. The summed E-state index contributed by atoms with van der Waals surface area (Å²) in [5.41, 5.74) is 0.422. The predicted molar refractivity (Wildman–Crippen MR) is 227 cm³/mol. The number of aliphatic hydroxyl groups is 2. The van der Waals surface area contributed by atoms with Crippen LogP contribution in [0.5, 0.6) is 11.5 Å². The Morgan fingerprint density at radius 1 is 0.967 bits per heavy atom. The topological polar surface area (TPSA) is 119 Å². The van der Waals surface area contributed by atoms with Crippen molar-refractivity contribution in [3.8, 4) is 22.8 Å². The van der Waals surface area contributed by atoms with Crippen LogP contribution in [0.15, 0.2) is 82.8 Å². The molecule has 3 aromatic carbocycles. The van der Waals surface area contributed by atoms with Gasteiger partial charge >= 0.3 is 6.18 Å². The van der Waals surface area contributed by atoms with E-state index in [2.05, 4.69) is 6.08 Å². The van der Waals surface area contributed by atoms with Gasteiger partial charge in [-0.15, -0.1) is 0 Å². The summed E-state index contributed by atoms with van der Waals surface area (Å²) in [4.78, 5) is 30.6. The molecule has 0 saturated heterocycles. The zero-order valence-corrected chi connectivity index (χ0v) is 36.1. The number of benzene rings is 3. The van der Waals surface area contributed by atoms with Crippen LogP contribution in [-0.4, -0.2) is 79.5 Å². The van der Waals surface area contributed by atoms with Gasteiger partial charge in [-0.2, -0.15) is 13.2 Å². The van der Waals surface area contributed by atoms with Crippen LogP contribution in [0.3, 0.4) is 0 Å². The number of alkyl halides is 3. The average molecular weight is 866 g/mol. The smallest absolute Gasteiger partial charge is 0.416 e. The molecule has 4 atom stereocenters. The number of rotatable bonds is 13. The number of fused-ring (bicyclic) bond motifs is 8. The molecule has 13 heteroatoms. The second kappa shape index (κ2) is 19.2. The van der Waals surface area contributed by atoms with E-state index in [4.69, 9.17) is 30.2 Å². The lowest BCUT2D eigenvalue weighted by Gasteiger charge is -2.46. The van der Waals surface area contributed by atoms with E-state index >= 15 is 0 Å². The summed E-state index contributed by atoms with van der Waals surface area (Å²) in [6.45, 7) is 4.89. The van der Waals surface area contributed by atoms with Crippen LogP contribution in [0.2, 0.25) is 5.02 Å². The van der Waals surface area contributed by atoms with Crippen molar-refractivity contribution < 1.29 is 51.6 Å². The van der Waals surface area contributed by atoms with Gasteiger partial charge < -0.3 is 33.7 Å². The molecule has 1 heterocycles. The molecular formula is C48H55ClF3NO8. The molecule has 0 spiro atoms. The SMILES string of the molecule is COCCCN(C[C@]1(O)CC[C@H]2c3ccc(cc3C(=O)c3ccc(-c4cc(C(F)(F)F)ccc4Cl)o3)C[C@@H](O)CCC(C)=CCC[C@@]21C)C(=O)Cc1ccc(OC)c(OC)c1. The van der Waals surface area contributed by atoms with Crippen molar-refractivity contribution in [2.75, 3.05) is 41.0 Å². The largest absolute Gasteiger partial charge is 0.493 e. The van der Waals surface area contributed by atoms with E-state index in [0.29, 0.717) is 87.1 Å².